The molecule has 21 heavy (non-hydrogen) atoms. The highest BCUT2D eigenvalue weighted by molar-refractivity contribution is 5.37. The topological polar surface area (TPSA) is 29.9 Å². The summed E-state index contributed by atoms with van der Waals surface area (Å²) in [6.07, 6.45) is 7.44. The second-order valence-corrected chi connectivity index (χ2v) is 6.27. The Morgan fingerprint density at radius 2 is 1.90 bits per heavy atom. The average Bonchev–Trinajstić information content (AvgIpc) is 3.08. The maximum Gasteiger partial charge on any atom is 0.203 e. The number of benzene rings is 1. The number of imidazole rings is 1. The largest absolute Gasteiger partial charge is 0.349 e. The lowest BCUT2D eigenvalue weighted by atomic mass is 10.0. The molecule has 0 amide bonds. The molecule has 1 fully saturated rings. The van der Waals surface area contributed by atoms with Crippen LogP contribution in [0.25, 0.3) is 0 Å². The van der Waals surface area contributed by atoms with Crippen LogP contribution >= 0.6 is 0 Å². The minimum Gasteiger partial charge on any atom is -0.349 e. The summed E-state index contributed by atoms with van der Waals surface area (Å²) in [5.41, 5.74) is 3.77. The van der Waals surface area contributed by atoms with Crippen LogP contribution in [0.1, 0.15) is 61.5 Å². The van der Waals surface area contributed by atoms with Gasteiger partial charge in [0, 0.05) is 12.2 Å². The molecular weight excluding hydrogens is 258 g/mol. The van der Waals surface area contributed by atoms with E-state index in [4.69, 9.17) is 4.98 Å². The first-order valence-corrected chi connectivity index (χ1v) is 8.02. The molecule has 1 unspecified atom stereocenters. The maximum absolute atomic E-state index is 4.70. The van der Waals surface area contributed by atoms with Crippen molar-refractivity contribution in [3.05, 3.63) is 47.3 Å². The number of nitrogens with zero attached hydrogens (tertiary/aromatic N) is 2. The van der Waals surface area contributed by atoms with E-state index in [-0.39, 0.29) is 6.04 Å². The van der Waals surface area contributed by atoms with Gasteiger partial charge in [0.1, 0.15) is 0 Å². The molecule has 1 atom stereocenters. The molecule has 1 aromatic heterocycles. The van der Waals surface area contributed by atoms with Crippen LogP contribution in [0.15, 0.2) is 30.5 Å². The van der Waals surface area contributed by atoms with Crippen molar-refractivity contribution in [1.29, 1.82) is 0 Å². The molecule has 1 aliphatic rings. The zero-order valence-corrected chi connectivity index (χ0v) is 13.3. The van der Waals surface area contributed by atoms with Gasteiger partial charge in [-0.05, 0) is 44.7 Å². The van der Waals surface area contributed by atoms with E-state index < -0.39 is 0 Å². The average molecular weight is 283 g/mol. The highest BCUT2D eigenvalue weighted by Gasteiger charge is 2.21. The Hall–Kier alpha value is -1.77. The number of rotatable bonds is 4. The molecule has 0 saturated heterocycles. The number of hydrogen-bond acceptors (Lipinski definition) is 2. The Morgan fingerprint density at radius 3 is 2.62 bits per heavy atom. The van der Waals surface area contributed by atoms with Gasteiger partial charge in [0.15, 0.2) is 0 Å². The summed E-state index contributed by atoms with van der Waals surface area (Å²) in [6, 6.07) is 9.46. The van der Waals surface area contributed by atoms with E-state index in [0.29, 0.717) is 6.04 Å². The molecule has 3 heteroatoms. The standard InChI is InChI=1S/C18H25N3/c1-13-8-4-7-11-17(13)15(3)20-18-19-14(2)12-21(18)16-9-5-6-10-16/h4,7-8,11-12,15-16H,5-6,9-10H2,1-3H3,(H,19,20). The molecule has 1 aliphatic carbocycles. The molecule has 1 aromatic carbocycles. The number of aromatic nitrogens is 2. The van der Waals surface area contributed by atoms with Crippen molar-refractivity contribution < 1.29 is 0 Å². The minimum atomic E-state index is 0.271. The molecule has 3 rings (SSSR count). The van der Waals surface area contributed by atoms with Crippen LogP contribution in [-0.2, 0) is 0 Å². The van der Waals surface area contributed by atoms with Gasteiger partial charge in [-0.2, -0.15) is 0 Å². The Kier molecular flexibility index (Phi) is 4.00. The first-order valence-electron chi connectivity index (χ1n) is 8.02. The fourth-order valence-corrected chi connectivity index (χ4v) is 3.43. The molecule has 1 N–H and O–H groups in total. The predicted molar refractivity (Wildman–Crippen MR) is 87.7 cm³/mol. The summed E-state index contributed by atoms with van der Waals surface area (Å²) in [6.45, 7) is 6.46. The van der Waals surface area contributed by atoms with E-state index in [2.05, 4.69) is 61.1 Å². The van der Waals surface area contributed by atoms with Crippen LogP contribution in [0.3, 0.4) is 0 Å². The SMILES string of the molecule is Cc1cn(C2CCCC2)c(NC(C)c2ccccc2C)n1. The van der Waals surface area contributed by atoms with E-state index in [1.165, 1.54) is 36.8 Å². The van der Waals surface area contributed by atoms with Gasteiger partial charge in [0.2, 0.25) is 5.95 Å². The number of hydrogen-bond donors (Lipinski definition) is 1. The van der Waals surface area contributed by atoms with E-state index in [1.807, 2.05) is 0 Å². The second kappa shape index (κ2) is 5.92. The van der Waals surface area contributed by atoms with Crippen molar-refractivity contribution in [1.82, 2.24) is 9.55 Å². The molecule has 0 radical (unpaired) electrons. The summed E-state index contributed by atoms with van der Waals surface area (Å²) in [7, 11) is 0. The smallest absolute Gasteiger partial charge is 0.203 e. The highest BCUT2D eigenvalue weighted by atomic mass is 15.2. The van der Waals surface area contributed by atoms with Crippen molar-refractivity contribution in [3.8, 4) is 0 Å². The third-order valence-corrected chi connectivity index (χ3v) is 4.57. The molecule has 0 aliphatic heterocycles. The Bertz CT molecular complexity index is 609. The third kappa shape index (κ3) is 2.97. The van der Waals surface area contributed by atoms with Crippen molar-refractivity contribution in [3.63, 3.8) is 0 Å². The summed E-state index contributed by atoms with van der Waals surface area (Å²) in [5.74, 6) is 1.02. The predicted octanol–water partition coefficient (Wildman–Crippen LogP) is 4.79. The second-order valence-electron chi connectivity index (χ2n) is 6.27. The Labute approximate surface area is 127 Å². The molecule has 3 nitrogen and oxygen atoms in total. The van der Waals surface area contributed by atoms with Gasteiger partial charge in [0.05, 0.1) is 11.7 Å². The summed E-state index contributed by atoms with van der Waals surface area (Å²) < 4.78 is 2.36. The van der Waals surface area contributed by atoms with Gasteiger partial charge in [-0.1, -0.05) is 37.1 Å². The summed E-state index contributed by atoms with van der Waals surface area (Å²) in [4.78, 5) is 4.70. The third-order valence-electron chi connectivity index (χ3n) is 4.57. The lowest BCUT2D eigenvalue weighted by Crippen LogP contribution is -2.14. The van der Waals surface area contributed by atoms with Crippen LogP contribution in [0.5, 0.6) is 0 Å². The van der Waals surface area contributed by atoms with Gasteiger partial charge in [-0.3, -0.25) is 0 Å². The molecular formula is C18H25N3. The van der Waals surface area contributed by atoms with E-state index in [1.54, 1.807) is 0 Å². The molecule has 0 spiro atoms. The normalized spacial score (nSPS) is 17.1. The fourth-order valence-electron chi connectivity index (χ4n) is 3.43. The van der Waals surface area contributed by atoms with E-state index in [0.717, 1.165) is 11.6 Å². The van der Waals surface area contributed by atoms with Gasteiger partial charge in [0.25, 0.3) is 0 Å². The highest BCUT2D eigenvalue weighted by Crippen LogP contribution is 2.33. The summed E-state index contributed by atoms with van der Waals surface area (Å²) in [5, 5.41) is 3.62. The Morgan fingerprint density at radius 1 is 1.19 bits per heavy atom. The van der Waals surface area contributed by atoms with Gasteiger partial charge < -0.3 is 9.88 Å². The molecule has 1 saturated carbocycles. The van der Waals surface area contributed by atoms with Crippen molar-refractivity contribution >= 4 is 5.95 Å². The molecule has 112 valence electrons. The van der Waals surface area contributed by atoms with Gasteiger partial charge in [-0.25, -0.2) is 4.98 Å². The molecule has 2 aromatic rings. The van der Waals surface area contributed by atoms with E-state index in [9.17, 15) is 0 Å². The van der Waals surface area contributed by atoms with Crippen LogP contribution in [0.4, 0.5) is 5.95 Å². The van der Waals surface area contributed by atoms with Crippen LogP contribution < -0.4 is 5.32 Å². The lowest BCUT2D eigenvalue weighted by molar-refractivity contribution is 0.520. The quantitative estimate of drug-likeness (QED) is 0.874. The number of nitrogens with one attached hydrogen (secondary N) is 1. The Balaban J connectivity index is 1.83. The van der Waals surface area contributed by atoms with Crippen LogP contribution in [-0.4, -0.2) is 9.55 Å². The molecule has 0 bridgehead atoms. The number of aryl methyl sites for hydroxylation is 2. The number of anilines is 1. The zero-order valence-electron chi connectivity index (χ0n) is 13.3. The molecule has 1 heterocycles. The minimum absolute atomic E-state index is 0.271. The fraction of sp³-hybridized carbons (Fsp3) is 0.500. The lowest BCUT2D eigenvalue weighted by Gasteiger charge is -2.20. The van der Waals surface area contributed by atoms with E-state index >= 15 is 0 Å². The monoisotopic (exact) mass is 283 g/mol. The van der Waals surface area contributed by atoms with Crippen LogP contribution in [0, 0.1) is 13.8 Å². The summed E-state index contributed by atoms with van der Waals surface area (Å²) >= 11 is 0. The van der Waals surface area contributed by atoms with Crippen molar-refractivity contribution in [2.24, 2.45) is 0 Å². The van der Waals surface area contributed by atoms with Crippen molar-refractivity contribution in [2.75, 3.05) is 5.32 Å². The zero-order chi connectivity index (χ0) is 14.8. The first-order chi connectivity index (χ1) is 10.1. The van der Waals surface area contributed by atoms with Gasteiger partial charge >= 0.3 is 0 Å². The van der Waals surface area contributed by atoms with Crippen molar-refractivity contribution in [2.45, 2.75) is 58.5 Å². The van der Waals surface area contributed by atoms with Crippen LogP contribution in [0.2, 0.25) is 0 Å². The van der Waals surface area contributed by atoms with Gasteiger partial charge in [-0.15, -0.1) is 0 Å². The maximum atomic E-state index is 4.70. The first kappa shape index (κ1) is 14.2.